The zero-order valence-corrected chi connectivity index (χ0v) is 31.5. The van der Waals surface area contributed by atoms with Crippen molar-refractivity contribution < 1.29 is 61.8 Å². The fraction of sp³-hybridized carbons (Fsp3) is 0.895. The molecule has 0 radical (unpaired) electrons. The summed E-state index contributed by atoms with van der Waals surface area (Å²) in [6.45, 7) is 8.87. The van der Waals surface area contributed by atoms with Crippen molar-refractivity contribution >= 4 is 23.9 Å². The Balaban J connectivity index is 1.09. The van der Waals surface area contributed by atoms with Crippen molar-refractivity contribution in [2.24, 2.45) is 47.3 Å². The summed E-state index contributed by atoms with van der Waals surface area (Å²) in [5.74, 6) is 0.0811. The first-order chi connectivity index (χ1) is 24.7. The summed E-state index contributed by atoms with van der Waals surface area (Å²) in [5, 5.41) is 0. The van der Waals surface area contributed by atoms with Gasteiger partial charge in [-0.2, -0.15) is 0 Å². The minimum atomic E-state index is -0.404. The van der Waals surface area contributed by atoms with Gasteiger partial charge in [-0.1, -0.05) is 27.7 Å². The molecule has 4 aliphatic carbocycles. The number of esters is 4. The molecule has 12 atom stereocenters. The molecule has 4 saturated carbocycles. The number of ether oxygens (including phenoxy) is 9. The highest BCUT2D eigenvalue weighted by atomic mass is 16.6. The van der Waals surface area contributed by atoms with E-state index in [1.165, 1.54) is 14.2 Å². The van der Waals surface area contributed by atoms with Crippen molar-refractivity contribution in [1.82, 2.24) is 0 Å². The smallest absolute Gasteiger partial charge is 0.332 e. The monoisotopic (exact) mass is 726 g/mol. The second kappa shape index (κ2) is 20.8. The first-order valence-corrected chi connectivity index (χ1v) is 19.2. The molecule has 51 heavy (non-hydrogen) atoms. The number of carbonyl (C=O) groups is 4. The minimum absolute atomic E-state index is 0.0667. The number of rotatable bonds is 22. The SMILES string of the molecule is CCC1CC2C(CC(CC)[C@@H]2OC(=O)COC)C1OC(=O)COCCOCCOCC(=O)OC1C(CC)CC2C1CC(CC)[C@@H]2OC(=O)COC. The van der Waals surface area contributed by atoms with Gasteiger partial charge in [0.15, 0.2) is 0 Å². The van der Waals surface area contributed by atoms with Crippen LogP contribution in [0.1, 0.15) is 79.1 Å². The van der Waals surface area contributed by atoms with Crippen LogP contribution in [-0.2, 0) is 61.8 Å². The largest absolute Gasteiger partial charge is 0.460 e. The Hall–Kier alpha value is -2.32. The third-order valence-corrected chi connectivity index (χ3v) is 11.8. The van der Waals surface area contributed by atoms with Crippen molar-refractivity contribution in [3.05, 3.63) is 0 Å². The van der Waals surface area contributed by atoms with Gasteiger partial charge in [-0.25, -0.2) is 19.2 Å². The van der Waals surface area contributed by atoms with E-state index in [9.17, 15) is 19.2 Å². The molecule has 0 spiro atoms. The molecular formula is C38H62O13. The predicted molar refractivity (Wildman–Crippen MR) is 183 cm³/mol. The topological polar surface area (TPSA) is 151 Å². The van der Waals surface area contributed by atoms with Crippen LogP contribution < -0.4 is 0 Å². The molecule has 0 amide bonds. The molecule has 0 saturated heterocycles. The second-order valence-corrected chi connectivity index (χ2v) is 14.7. The Morgan fingerprint density at radius 3 is 0.922 bits per heavy atom. The van der Waals surface area contributed by atoms with Gasteiger partial charge in [0.2, 0.25) is 0 Å². The Morgan fingerprint density at radius 1 is 0.412 bits per heavy atom. The van der Waals surface area contributed by atoms with Crippen LogP contribution in [0.5, 0.6) is 0 Å². The van der Waals surface area contributed by atoms with E-state index >= 15 is 0 Å². The highest BCUT2D eigenvalue weighted by molar-refractivity contribution is 5.72. The Kier molecular flexibility index (Phi) is 16.9. The molecule has 0 N–H and O–H groups in total. The second-order valence-electron chi connectivity index (χ2n) is 14.7. The highest BCUT2D eigenvalue weighted by Crippen LogP contribution is 2.54. The lowest BCUT2D eigenvalue weighted by Gasteiger charge is -2.25. The molecule has 0 aromatic rings. The van der Waals surface area contributed by atoms with E-state index in [1.807, 2.05) is 0 Å². The van der Waals surface area contributed by atoms with Gasteiger partial charge in [-0.05, 0) is 75.0 Å². The number of hydrogen-bond donors (Lipinski definition) is 0. The van der Waals surface area contributed by atoms with Crippen molar-refractivity contribution in [1.29, 1.82) is 0 Å². The van der Waals surface area contributed by atoms with E-state index in [0.29, 0.717) is 0 Å². The molecule has 0 aromatic heterocycles. The predicted octanol–water partition coefficient (Wildman–Crippen LogP) is 4.16. The molecule has 0 bridgehead atoms. The molecule has 4 aliphatic rings. The van der Waals surface area contributed by atoms with Crippen LogP contribution in [0.4, 0.5) is 0 Å². The van der Waals surface area contributed by atoms with Crippen LogP contribution in [0.2, 0.25) is 0 Å². The number of methoxy groups -OCH3 is 2. The van der Waals surface area contributed by atoms with Gasteiger partial charge in [-0.3, -0.25) is 0 Å². The van der Waals surface area contributed by atoms with E-state index in [2.05, 4.69) is 27.7 Å². The maximum absolute atomic E-state index is 12.7. The van der Waals surface area contributed by atoms with Gasteiger partial charge in [-0.15, -0.1) is 0 Å². The van der Waals surface area contributed by atoms with Crippen molar-refractivity contribution in [3.63, 3.8) is 0 Å². The lowest BCUT2D eigenvalue weighted by molar-refractivity contribution is -0.161. The van der Waals surface area contributed by atoms with Crippen molar-refractivity contribution in [2.45, 2.75) is 103 Å². The van der Waals surface area contributed by atoms with Crippen molar-refractivity contribution in [2.75, 3.05) is 67.1 Å². The zero-order valence-electron chi connectivity index (χ0n) is 31.5. The summed E-state index contributed by atoms with van der Waals surface area (Å²) in [6.07, 6.45) is 6.23. The molecule has 292 valence electrons. The first kappa shape index (κ1) is 41.4. The molecule has 4 fully saturated rings. The normalized spacial score (nSPS) is 33.8. The van der Waals surface area contributed by atoms with Gasteiger partial charge < -0.3 is 42.6 Å². The lowest BCUT2D eigenvalue weighted by Crippen LogP contribution is -2.31. The summed E-state index contributed by atoms with van der Waals surface area (Å²) in [6, 6.07) is 0. The molecular weight excluding hydrogens is 664 g/mol. The van der Waals surface area contributed by atoms with Crippen LogP contribution in [0.3, 0.4) is 0 Å². The molecule has 4 rings (SSSR count). The van der Waals surface area contributed by atoms with Crippen LogP contribution in [-0.4, -0.2) is 115 Å². The van der Waals surface area contributed by atoms with Crippen LogP contribution >= 0.6 is 0 Å². The van der Waals surface area contributed by atoms with Gasteiger partial charge in [0, 0.05) is 37.9 Å². The maximum atomic E-state index is 12.7. The van der Waals surface area contributed by atoms with E-state index in [0.717, 1.165) is 51.4 Å². The lowest BCUT2D eigenvalue weighted by atomic mass is 9.92. The summed E-state index contributed by atoms with van der Waals surface area (Å²) in [5.41, 5.74) is 0. The Bertz CT molecular complexity index is 1030. The number of hydrogen-bond acceptors (Lipinski definition) is 13. The molecule has 13 nitrogen and oxygen atoms in total. The van der Waals surface area contributed by atoms with E-state index in [1.54, 1.807) is 0 Å². The fourth-order valence-electron chi connectivity index (χ4n) is 9.50. The van der Waals surface area contributed by atoms with Gasteiger partial charge in [0.25, 0.3) is 0 Å². The van der Waals surface area contributed by atoms with E-state index < -0.39 is 11.9 Å². The van der Waals surface area contributed by atoms with E-state index in [-0.39, 0.29) is 137 Å². The quantitative estimate of drug-likeness (QED) is 0.0893. The molecule has 13 heteroatoms. The van der Waals surface area contributed by atoms with Gasteiger partial charge in [0.1, 0.15) is 50.8 Å². The first-order valence-electron chi connectivity index (χ1n) is 19.2. The minimum Gasteiger partial charge on any atom is -0.460 e. The van der Waals surface area contributed by atoms with Crippen LogP contribution in [0, 0.1) is 47.3 Å². The van der Waals surface area contributed by atoms with E-state index in [4.69, 9.17) is 42.6 Å². The number of fused-ring (bicyclic) bond motifs is 2. The standard InChI is InChI=1S/C38H62O13/c1-7-23-15-29-27(35(23)48-31(39)19-43-5)17-25(9-3)37(29)50-33(41)21-46-13-11-45-12-14-47-22-34(42)51-38-26(10-4)18-28-30(38)16-24(8-2)36(28)49-32(40)20-44-6/h23-30,35-38H,7-22H2,1-6H3/t23?,24?,25?,26?,27?,28?,29?,30?,35-,36-,37?,38?/m0/s1. The van der Waals surface area contributed by atoms with Gasteiger partial charge in [0.05, 0.1) is 26.4 Å². The fourth-order valence-corrected chi connectivity index (χ4v) is 9.50. The summed E-state index contributed by atoms with van der Waals surface area (Å²) >= 11 is 0. The third-order valence-electron chi connectivity index (χ3n) is 11.8. The average molecular weight is 727 g/mol. The van der Waals surface area contributed by atoms with Gasteiger partial charge >= 0.3 is 23.9 Å². The zero-order chi connectivity index (χ0) is 36.9. The summed E-state index contributed by atoms with van der Waals surface area (Å²) in [7, 11) is 2.96. The average Bonchev–Trinajstić information content (AvgIpc) is 3.83. The van der Waals surface area contributed by atoms with Crippen molar-refractivity contribution in [3.8, 4) is 0 Å². The summed E-state index contributed by atoms with van der Waals surface area (Å²) < 4.78 is 50.1. The maximum Gasteiger partial charge on any atom is 0.332 e. The Labute approximate surface area is 303 Å². The molecule has 0 aromatic carbocycles. The summed E-state index contributed by atoms with van der Waals surface area (Å²) in [4.78, 5) is 49.9. The highest BCUT2D eigenvalue weighted by Gasteiger charge is 2.57. The Morgan fingerprint density at radius 2 is 0.667 bits per heavy atom. The molecule has 0 aliphatic heterocycles. The molecule has 10 unspecified atom stereocenters. The van der Waals surface area contributed by atoms with Crippen LogP contribution in [0.25, 0.3) is 0 Å². The van der Waals surface area contributed by atoms with Crippen LogP contribution in [0.15, 0.2) is 0 Å². The molecule has 0 heterocycles. The number of carbonyl (C=O) groups excluding carboxylic acids is 4. The third kappa shape index (κ3) is 10.9.